The lowest BCUT2D eigenvalue weighted by Crippen LogP contribution is -2.29. The quantitative estimate of drug-likeness (QED) is 0.520. The molecule has 0 aliphatic carbocycles. The number of nitrogens with one attached hydrogen (secondary N) is 1. The van der Waals surface area contributed by atoms with Gasteiger partial charge in [-0.1, -0.05) is 0 Å². The van der Waals surface area contributed by atoms with E-state index in [-0.39, 0.29) is 5.75 Å². The predicted molar refractivity (Wildman–Crippen MR) is 45.0 cm³/mol. The number of carbonyl (C=O) groups is 1. The van der Waals surface area contributed by atoms with Gasteiger partial charge in [-0.25, -0.2) is 4.79 Å². The van der Waals surface area contributed by atoms with Crippen LogP contribution in [0.3, 0.4) is 0 Å². The van der Waals surface area contributed by atoms with Gasteiger partial charge in [-0.05, 0) is 6.08 Å². The van der Waals surface area contributed by atoms with Gasteiger partial charge in [-0.3, -0.25) is 4.99 Å². The van der Waals surface area contributed by atoms with E-state index in [0.29, 0.717) is 5.84 Å². The van der Waals surface area contributed by atoms with Crippen LogP contribution in [-0.2, 0) is 4.79 Å². The molecule has 0 amide bonds. The number of aliphatic imine (C=N–C) groups is 1. The van der Waals surface area contributed by atoms with Crippen molar-refractivity contribution < 1.29 is 9.90 Å². The second kappa shape index (κ2) is 3.43. The van der Waals surface area contributed by atoms with Crippen molar-refractivity contribution in [3.8, 4) is 0 Å². The van der Waals surface area contributed by atoms with Gasteiger partial charge in [0.05, 0.1) is 0 Å². The fourth-order valence-corrected chi connectivity index (χ4v) is 0.818. The van der Waals surface area contributed by atoms with Gasteiger partial charge in [0.15, 0.2) is 6.04 Å². The van der Waals surface area contributed by atoms with E-state index < -0.39 is 12.0 Å². The first-order chi connectivity index (χ1) is 5.24. The first-order valence-corrected chi connectivity index (χ1v) is 3.72. The van der Waals surface area contributed by atoms with Crippen molar-refractivity contribution in [3.05, 3.63) is 12.3 Å². The van der Waals surface area contributed by atoms with Crippen molar-refractivity contribution in [2.24, 2.45) is 4.99 Å². The molecule has 0 aromatic rings. The average Bonchev–Trinajstić information content (AvgIpc) is 1.85. The highest BCUT2D eigenvalue weighted by Crippen LogP contribution is 1.98. The normalized spacial score (nSPS) is 20.6. The molecule has 1 heterocycles. The molecule has 60 valence electrons. The summed E-state index contributed by atoms with van der Waals surface area (Å²) < 4.78 is 0. The van der Waals surface area contributed by atoms with Crippen LogP contribution in [0.4, 0.5) is 0 Å². The van der Waals surface area contributed by atoms with Crippen LogP contribution in [0.25, 0.3) is 0 Å². The highest BCUT2D eigenvalue weighted by Gasteiger charge is 2.15. The number of hydrogen-bond acceptors (Lipinski definition) is 3. The lowest BCUT2D eigenvalue weighted by Gasteiger charge is -2.11. The van der Waals surface area contributed by atoms with Gasteiger partial charge in [-0.15, -0.1) is 0 Å². The molecular formula is C6H8N2O2S. The van der Waals surface area contributed by atoms with Gasteiger partial charge in [0, 0.05) is 12.0 Å². The van der Waals surface area contributed by atoms with Gasteiger partial charge in [0.25, 0.3) is 0 Å². The van der Waals surface area contributed by atoms with E-state index >= 15 is 0 Å². The summed E-state index contributed by atoms with van der Waals surface area (Å²) in [4.78, 5) is 14.2. The van der Waals surface area contributed by atoms with Crippen LogP contribution in [0.5, 0.6) is 0 Å². The smallest absolute Gasteiger partial charge is 0.329 e. The molecule has 1 aliphatic rings. The Labute approximate surface area is 69.4 Å². The van der Waals surface area contributed by atoms with Crippen molar-refractivity contribution in [2.45, 2.75) is 6.04 Å². The first kappa shape index (κ1) is 8.13. The molecule has 0 saturated carbocycles. The fourth-order valence-electron chi connectivity index (χ4n) is 0.580. The lowest BCUT2D eigenvalue weighted by atomic mass is 10.3. The van der Waals surface area contributed by atoms with E-state index in [1.54, 1.807) is 12.3 Å². The molecule has 1 unspecified atom stereocenters. The summed E-state index contributed by atoms with van der Waals surface area (Å²) in [6, 6.07) is -0.745. The maximum Gasteiger partial charge on any atom is 0.329 e. The van der Waals surface area contributed by atoms with Crippen LogP contribution < -0.4 is 5.32 Å². The van der Waals surface area contributed by atoms with Crippen LogP contribution >= 0.6 is 12.6 Å². The molecule has 1 aliphatic heterocycles. The van der Waals surface area contributed by atoms with Crippen molar-refractivity contribution in [1.29, 1.82) is 0 Å². The highest BCUT2D eigenvalue weighted by molar-refractivity contribution is 7.80. The van der Waals surface area contributed by atoms with Crippen molar-refractivity contribution in [2.75, 3.05) is 5.75 Å². The second-order valence-electron chi connectivity index (χ2n) is 2.03. The molecule has 0 radical (unpaired) electrons. The Morgan fingerprint density at radius 2 is 2.55 bits per heavy atom. The van der Waals surface area contributed by atoms with Crippen LogP contribution in [0.2, 0.25) is 0 Å². The zero-order valence-corrected chi connectivity index (χ0v) is 6.58. The van der Waals surface area contributed by atoms with Crippen molar-refractivity contribution >= 4 is 24.4 Å². The highest BCUT2D eigenvalue weighted by atomic mass is 32.1. The summed E-state index contributed by atoms with van der Waals surface area (Å²) in [6.07, 6.45) is 3.40. The van der Waals surface area contributed by atoms with E-state index in [1.165, 1.54) is 0 Å². The largest absolute Gasteiger partial charge is 0.480 e. The number of nitrogens with zero attached hydrogens (tertiary/aromatic N) is 1. The van der Waals surface area contributed by atoms with Gasteiger partial charge in [0.1, 0.15) is 5.84 Å². The monoisotopic (exact) mass is 172 g/mol. The molecule has 0 aromatic heterocycles. The summed E-state index contributed by atoms with van der Waals surface area (Å²) in [5.74, 6) is -0.130. The zero-order chi connectivity index (χ0) is 8.27. The number of aliphatic carboxylic acids is 1. The zero-order valence-electron chi connectivity index (χ0n) is 5.69. The Hall–Kier alpha value is -0.970. The van der Waals surface area contributed by atoms with E-state index in [4.69, 9.17) is 5.11 Å². The summed E-state index contributed by atoms with van der Waals surface area (Å²) in [7, 11) is 0. The Morgan fingerprint density at radius 3 is 2.82 bits per heavy atom. The van der Waals surface area contributed by atoms with Crippen molar-refractivity contribution in [1.82, 2.24) is 5.32 Å². The third-order valence-corrected chi connectivity index (χ3v) is 1.57. The third kappa shape index (κ3) is 1.98. The molecule has 1 rings (SSSR count). The SMILES string of the molecule is O=C(O)C(CS)N=C1C=CN1. The molecule has 0 spiro atoms. The number of carboxylic acid groups (broad SMARTS) is 1. The van der Waals surface area contributed by atoms with Crippen LogP contribution in [0.15, 0.2) is 17.3 Å². The second-order valence-corrected chi connectivity index (χ2v) is 2.39. The van der Waals surface area contributed by atoms with Gasteiger partial charge in [-0.2, -0.15) is 12.6 Å². The Morgan fingerprint density at radius 1 is 1.91 bits per heavy atom. The standard InChI is InChI=1S/C6H8N2O2S/c9-6(10)4(3-11)8-5-1-2-7-5/h1-2,4,11H,3H2,(H,7,8)(H,9,10). The van der Waals surface area contributed by atoms with E-state index in [9.17, 15) is 4.79 Å². The number of thiol groups is 1. The number of rotatable bonds is 3. The van der Waals surface area contributed by atoms with Crippen LogP contribution in [0.1, 0.15) is 0 Å². The van der Waals surface area contributed by atoms with Crippen LogP contribution in [-0.4, -0.2) is 28.7 Å². The molecule has 4 nitrogen and oxygen atoms in total. The van der Waals surface area contributed by atoms with Gasteiger partial charge < -0.3 is 10.4 Å². The molecule has 0 saturated heterocycles. The lowest BCUT2D eigenvalue weighted by molar-refractivity contribution is -0.137. The molecule has 0 bridgehead atoms. The van der Waals surface area contributed by atoms with Crippen LogP contribution in [0, 0.1) is 0 Å². The van der Waals surface area contributed by atoms with E-state index in [2.05, 4.69) is 22.9 Å². The summed E-state index contributed by atoms with van der Waals surface area (Å²) in [6.45, 7) is 0. The van der Waals surface area contributed by atoms with Gasteiger partial charge in [0.2, 0.25) is 0 Å². The Kier molecular flexibility index (Phi) is 2.53. The minimum atomic E-state index is -0.949. The molecule has 11 heavy (non-hydrogen) atoms. The number of carboxylic acids is 1. The number of amidine groups is 1. The molecule has 5 heteroatoms. The molecule has 0 fully saturated rings. The summed E-state index contributed by atoms with van der Waals surface area (Å²) >= 11 is 3.85. The Bertz CT molecular complexity index is 225. The fraction of sp³-hybridized carbons (Fsp3) is 0.333. The minimum Gasteiger partial charge on any atom is -0.480 e. The maximum atomic E-state index is 10.4. The molecule has 0 aromatic carbocycles. The van der Waals surface area contributed by atoms with Gasteiger partial charge >= 0.3 is 5.97 Å². The Balaban J connectivity index is 2.56. The molecule has 2 N–H and O–H groups in total. The molecular weight excluding hydrogens is 164 g/mol. The molecule has 1 atom stereocenters. The number of hydrogen-bond donors (Lipinski definition) is 3. The summed E-state index contributed by atoms with van der Waals surface area (Å²) in [5, 5.41) is 11.3. The first-order valence-electron chi connectivity index (χ1n) is 3.08. The van der Waals surface area contributed by atoms with E-state index in [1.807, 2.05) is 0 Å². The topological polar surface area (TPSA) is 61.7 Å². The van der Waals surface area contributed by atoms with E-state index in [0.717, 1.165) is 0 Å². The third-order valence-electron chi connectivity index (χ3n) is 1.23. The predicted octanol–water partition coefficient (Wildman–Crippen LogP) is -0.115. The minimum absolute atomic E-state index is 0.217. The summed E-state index contributed by atoms with van der Waals surface area (Å²) in [5.41, 5.74) is 0. The average molecular weight is 172 g/mol. The van der Waals surface area contributed by atoms with Crippen molar-refractivity contribution in [3.63, 3.8) is 0 Å². The maximum absolute atomic E-state index is 10.4.